The number of carbonyl (C=O) groups excluding carboxylic acids is 2. The van der Waals surface area contributed by atoms with Gasteiger partial charge in [0.1, 0.15) is 6.04 Å². The van der Waals surface area contributed by atoms with Crippen LogP contribution in [0.3, 0.4) is 0 Å². The van der Waals surface area contributed by atoms with E-state index in [0.29, 0.717) is 23.6 Å². The molecule has 0 fully saturated rings. The second-order valence-corrected chi connectivity index (χ2v) is 6.53. The summed E-state index contributed by atoms with van der Waals surface area (Å²) in [5.41, 5.74) is 0.486. The topological polar surface area (TPSA) is 70.2 Å². The van der Waals surface area contributed by atoms with Crippen LogP contribution in [0.2, 0.25) is 5.02 Å². The van der Waals surface area contributed by atoms with Crippen molar-refractivity contribution < 1.29 is 9.59 Å². The molecule has 7 heteroatoms. The van der Waals surface area contributed by atoms with Gasteiger partial charge in [0.05, 0.1) is 0 Å². The molecule has 0 heterocycles. The van der Waals surface area contributed by atoms with Crippen LogP contribution in [0.15, 0.2) is 24.3 Å². The highest BCUT2D eigenvalue weighted by atomic mass is 35.5. The van der Waals surface area contributed by atoms with Crippen LogP contribution in [-0.4, -0.2) is 37.5 Å². The zero-order chi connectivity index (χ0) is 17.4. The van der Waals surface area contributed by atoms with E-state index in [1.165, 1.54) is 0 Å². The molecule has 24 heavy (non-hydrogen) atoms. The third-order valence-corrected chi connectivity index (χ3v) is 3.76. The molecule has 1 rings (SSSR count). The molecule has 0 radical (unpaired) electrons. The number of amides is 2. The average Bonchev–Trinajstić information content (AvgIpc) is 2.51. The SMILES string of the molecule is CNC(C)CNC(=O)C(CC(C)C)NC(=O)c1ccc(Cl)cc1.Cl. The van der Waals surface area contributed by atoms with Crippen molar-refractivity contribution in [3.8, 4) is 0 Å². The van der Waals surface area contributed by atoms with Crippen LogP contribution >= 0.6 is 24.0 Å². The second-order valence-electron chi connectivity index (χ2n) is 6.10. The van der Waals surface area contributed by atoms with E-state index in [9.17, 15) is 9.59 Å². The van der Waals surface area contributed by atoms with Gasteiger partial charge in [-0.3, -0.25) is 9.59 Å². The van der Waals surface area contributed by atoms with Gasteiger partial charge in [0.2, 0.25) is 5.91 Å². The van der Waals surface area contributed by atoms with E-state index in [-0.39, 0.29) is 36.2 Å². The third-order valence-electron chi connectivity index (χ3n) is 3.51. The van der Waals surface area contributed by atoms with Crippen LogP contribution in [0.4, 0.5) is 0 Å². The van der Waals surface area contributed by atoms with Crippen LogP contribution in [0.25, 0.3) is 0 Å². The number of rotatable bonds is 8. The fourth-order valence-corrected chi connectivity index (χ4v) is 2.15. The fraction of sp³-hybridized carbons (Fsp3) is 0.529. The number of benzene rings is 1. The molecule has 0 aliphatic rings. The Morgan fingerprint density at radius 3 is 2.21 bits per heavy atom. The molecule has 0 bridgehead atoms. The maximum atomic E-state index is 12.3. The number of hydrogen-bond donors (Lipinski definition) is 3. The summed E-state index contributed by atoms with van der Waals surface area (Å²) >= 11 is 5.82. The first-order valence-corrected chi connectivity index (χ1v) is 8.22. The van der Waals surface area contributed by atoms with Crippen molar-refractivity contribution in [3.05, 3.63) is 34.9 Å². The van der Waals surface area contributed by atoms with E-state index in [0.717, 1.165) is 0 Å². The van der Waals surface area contributed by atoms with Crippen LogP contribution in [0, 0.1) is 5.92 Å². The van der Waals surface area contributed by atoms with Gasteiger partial charge in [-0.2, -0.15) is 0 Å². The Balaban J connectivity index is 0.00000529. The van der Waals surface area contributed by atoms with E-state index in [4.69, 9.17) is 11.6 Å². The molecule has 0 spiro atoms. The van der Waals surface area contributed by atoms with E-state index >= 15 is 0 Å². The standard InChI is InChI=1S/C17H26ClN3O2.ClH/c1-11(2)9-15(17(23)20-10-12(3)19-4)21-16(22)13-5-7-14(18)8-6-13;/h5-8,11-12,15,19H,9-10H2,1-4H3,(H,20,23)(H,21,22);1H. The molecule has 2 atom stereocenters. The first-order chi connectivity index (χ1) is 10.8. The Hall–Kier alpha value is -1.30. The molecule has 136 valence electrons. The summed E-state index contributed by atoms with van der Waals surface area (Å²) in [6.07, 6.45) is 0.582. The van der Waals surface area contributed by atoms with Crippen molar-refractivity contribution in [3.63, 3.8) is 0 Å². The first kappa shape index (κ1) is 22.7. The monoisotopic (exact) mass is 375 g/mol. The minimum absolute atomic E-state index is 0. The highest BCUT2D eigenvalue weighted by Gasteiger charge is 2.22. The molecule has 2 amide bonds. The summed E-state index contributed by atoms with van der Waals surface area (Å²) in [5.74, 6) is -0.148. The molecule has 3 N–H and O–H groups in total. The van der Waals surface area contributed by atoms with Crippen LogP contribution in [0.5, 0.6) is 0 Å². The molecule has 2 unspecified atom stereocenters. The molecule has 1 aromatic carbocycles. The number of carbonyl (C=O) groups is 2. The van der Waals surface area contributed by atoms with Crippen molar-refractivity contribution in [2.75, 3.05) is 13.6 Å². The Morgan fingerprint density at radius 2 is 1.71 bits per heavy atom. The second kappa shape index (κ2) is 11.3. The fourth-order valence-electron chi connectivity index (χ4n) is 2.02. The molecule has 0 saturated carbocycles. The summed E-state index contributed by atoms with van der Waals surface area (Å²) < 4.78 is 0. The van der Waals surface area contributed by atoms with Gasteiger partial charge in [-0.1, -0.05) is 25.4 Å². The van der Waals surface area contributed by atoms with E-state index < -0.39 is 6.04 Å². The quantitative estimate of drug-likeness (QED) is 0.653. The number of likely N-dealkylation sites (N-methyl/N-ethyl adjacent to an activating group) is 1. The lowest BCUT2D eigenvalue weighted by Gasteiger charge is -2.21. The summed E-state index contributed by atoms with van der Waals surface area (Å²) in [5, 5.41) is 9.30. The molecule has 5 nitrogen and oxygen atoms in total. The summed E-state index contributed by atoms with van der Waals surface area (Å²) in [4.78, 5) is 24.6. The van der Waals surface area contributed by atoms with Crippen LogP contribution < -0.4 is 16.0 Å². The normalized spacial score (nSPS) is 12.9. The van der Waals surface area contributed by atoms with E-state index in [1.807, 2.05) is 27.8 Å². The van der Waals surface area contributed by atoms with E-state index in [2.05, 4.69) is 16.0 Å². The molecular formula is C17H27Cl2N3O2. The summed E-state index contributed by atoms with van der Waals surface area (Å²) in [6.45, 7) is 6.53. The first-order valence-electron chi connectivity index (χ1n) is 7.84. The maximum absolute atomic E-state index is 12.3. The molecule has 0 aliphatic carbocycles. The average molecular weight is 376 g/mol. The van der Waals surface area contributed by atoms with Gasteiger partial charge in [-0.15, -0.1) is 12.4 Å². The van der Waals surface area contributed by atoms with Crippen LogP contribution in [-0.2, 0) is 4.79 Å². The van der Waals surface area contributed by atoms with Crippen molar-refractivity contribution in [1.29, 1.82) is 0 Å². The lowest BCUT2D eigenvalue weighted by molar-refractivity contribution is -0.123. The number of hydrogen-bond acceptors (Lipinski definition) is 3. The maximum Gasteiger partial charge on any atom is 0.251 e. The minimum Gasteiger partial charge on any atom is -0.353 e. The van der Waals surface area contributed by atoms with Crippen molar-refractivity contribution in [2.45, 2.75) is 39.3 Å². The molecule has 1 aromatic rings. The highest BCUT2D eigenvalue weighted by molar-refractivity contribution is 6.30. The largest absolute Gasteiger partial charge is 0.353 e. The zero-order valence-corrected chi connectivity index (χ0v) is 16.1. The number of halogens is 2. The Kier molecular flexibility index (Phi) is 10.7. The minimum atomic E-state index is -0.553. The molecule has 0 saturated heterocycles. The summed E-state index contributed by atoms with van der Waals surface area (Å²) in [7, 11) is 1.84. The Labute approximate surface area is 155 Å². The van der Waals surface area contributed by atoms with Gasteiger partial charge < -0.3 is 16.0 Å². The Bertz CT molecular complexity index is 521. The van der Waals surface area contributed by atoms with Crippen molar-refractivity contribution >= 4 is 35.8 Å². The third kappa shape index (κ3) is 7.99. The summed E-state index contributed by atoms with van der Waals surface area (Å²) in [6, 6.07) is 6.22. The van der Waals surface area contributed by atoms with Gasteiger partial charge in [0, 0.05) is 23.2 Å². The van der Waals surface area contributed by atoms with Gasteiger partial charge >= 0.3 is 0 Å². The van der Waals surface area contributed by atoms with Gasteiger partial charge in [-0.25, -0.2) is 0 Å². The van der Waals surface area contributed by atoms with Crippen molar-refractivity contribution in [2.24, 2.45) is 5.92 Å². The highest BCUT2D eigenvalue weighted by Crippen LogP contribution is 2.11. The zero-order valence-electron chi connectivity index (χ0n) is 14.6. The van der Waals surface area contributed by atoms with Crippen LogP contribution in [0.1, 0.15) is 37.6 Å². The smallest absolute Gasteiger partial charge is 0.251 e. The predicted molar refractivity (Wildman–Crippen MR) is 101 cm³/mol. The van der Waals surface area contributed by atoms with Crippen molar-refractivity contribution in [1.82, 2.24) is 16.0 Å². The lowest BCUT2D eigenvalue weighted by Crippen LogP contribution is -2.49. The van der Waals surface area contributed by atoms with E-state index in [1.54, 1.807) is 24.3 Å². The Morgan fingerprint density at radius 1 is 1.12 bits per heavy atom. The number of nitrogens with one attached hydrogen (secondary N) is 3. The van der Waals surface area contributed by atoms with Gasteiger partial charge in [0.25, 0.3) is 5.91 Å². The molecule has 0 aliphatic heterocycles. The molecule has 0 aromatic heterocycles. The van der Waals surface area contributed by atoms with Gasteiger partial charge in [0.15, 0.2) is 0 Å². The van der Waals surface area contributed by atoms with Gasteiger partial charge in [-0.05, 0) is 50.6 Å². The molecular weight excluding hydrogens is 349 g/mol. The lowest BCUT2D eigenvalue weighted by atomic mass is 10.0. The predicted octanol–water partition coefficient (Wildman–Crippen LogP) is 2.63.